The molecule has 0 bridgehead atoms. The van der Waals surface area contributed by atoms with Gasteiger partial charge in [-0.1, -0.05) is 6.92 Å². The van der Waals surface area contributed by atoms with E-state index in [9.17, 15) is 14.4 Å². The number of carbonyl (C=O) groups excluding carboxylic acids is 3. The van der Waals surface area contributed by atoms with E-state index in [4.69, 9.17) is 4.74 Å². The van der Waals surface area contributed by atoms with Gasteiger partial charge in [0.1, 0.15) is 17.9 Å². The third-order valence-corrected chi connectivity index (χ3v) is 5.57. The fraction of sp³-hybridized carbons (Fsp3) is 0.526. The molecule has 3 aliphatic rings. The van der Waals surface area contributed by atoms with Crippen LogP contribution in [0.5, 0.6) is 5.75 Å². The molecule has 6 heteroatoms. The van der Waals surface area contributed by atoms with Crippen molar-refractivity contribution in [2.45, 2.75) is 57.7 Å². The van der Waals surface area contributed by atoms with E-state index in [1.165, 1.54) is 12.8 Å². The first kappa shape index (κ1) is 16.1. The maximum absolute atomic E-state index is 12.7. The number of imide groups is 1. The van der Waals surface area contributed by atoms with E-state index in [2.05, 4.69) is 12.2 Å². The normalized spacial score (nSPS) is 28.9. The number of hydrogen-bond donors (Lipinski definition) is 1. The van der Waals surface area contributed by atoms with Crippen molar-refractivity contribution in [1.82, 2.24) is 10.2 Å². The summed E-state index contributed by atoms with van der Waals surface area (Å²) in [6.45, 7) is 2.59. The Kier molecular flexibility index (Phi) is 3.98. The van der Waals surface area contributed by atoms with Crippen LogP contribution in [0.3, 0.4) is 0 Å². The lowest BCUT2D eigenvalue weighted by Crippen LogP contribution is -2.52. The highest BCUT2D eigenvalue weighted by Gasteiger charge is 2.39. The van der Waals surface area contributed by atoms with Crippen molar-refractivity contribution in [2.75, 3.05) is 0 Å². The first-order chi connectivity index (χ1) is 12.0. The van der Waals surface area contributed by atoms with Crippen LogP contribution in [-0.4, -0.2) is 34.8 Å². The molecule has 0 radical (unpaired) electrons. The summed E-state index contributed by atoms with van der Waals surface area (Å²) in [7, 11) is 0. The average molecular weight is 342 g/mol. The summed E-state index contributed by atoms with van der Waals surface area (Å²) in [5, 5.41) is 2.32. The van der Waals surface area contributed by atoms with E-state index in [1.54, 1.807) is 11.0 Å². The van der Waals surface area contributed by atoms with Crippen LogP contribution in [0.25, 0.3) is 0 Å². The van der Waals surface area contributed by atoms with Crippen LogP contribution in [0.2, 0.25) is 0 Å². The number of amides is 3. The molecule has 25 heavy (non-hydrogen) atoms. The number of carbonyl (C=O) groups is 3. The van der Waals surface area contributed by atoms with E-state index in [0.29, 0.717) is 24.4 Å². The molecule has 2 heterocycles. The topological polar surface area (TPSA) is 75.7 Å². The second-order valence-corrected chi connectivity index (χ2v) is 7.28. The zero-order valence-electron chi connectivity index (χ0n) is 14.3. The monoisotopic (exact) mass is 342 g/mol. The lowest BCUT2D eigenvalue weighted by Gasteiger charge is -2.29. The Balaban J connectivity index is 1.51. The van der Waals surface area contributed by atoms with Crippen molar-refractivity contribution >= 4 is 17.7 Å². The Hall–Kier alpha value is -2.37. The zero-order chi connectivity index (χ0) is 17.6. The minimum absolute atomic E-state index is 0.148. The molecule has 3 unspecified atom stereocenters. The van der Waals surface area contributed by atoms with Gasteiger partial charge in [0, 0.05) is 18.5 Å². The summed E-state index contributed by atoms with van der Waals surface area (Å²) in [5.41, 5.74) is 1.51. The molecule has 3 atom stereocenters. The molecule has 3 amide bonds. The highest BCUT2D eigenvalue weighted by atomic mass is 16.5. The third-order valence-electron chi connectivity index (χ3n) is 5.57. The quantitative estimate of drug-likeness (QED) is 0.853. The summed E-state index contributed by atoms with van der Waals surface area (Å²) in [4.78, 5) is 37.6. The molecule has 2 fully saturated rings. The van der Waals surface area contributed by atoms with Crippen LogP contribution < -0.4 is 10.1 Å². The Morgan fingerprint density at radius 1 is 1.16 bits per heavy atom. The number of hydrogen-bond acceptors (Lipinski definition) is 4. The van der Waals surface area contributed by atoms with Gasteiger partial charge in [-0.25, -0.2) is 0 Å². The molecule has 1 aromatic carbocycles. The lowest BCUT2D eigenvalue weighted by molar-refractivity contribution is -0.136. The van der Waals surface area contributed by atoms with Crippen molar-refractivity contribution in [1.29, 1.82) is 0 Å². The number of nitrogens with one attached hydrogen (secondary N) is 1. The molecule has 1 saturated carbocycles. The van der Waals surface area contributed by atoms with Crippen LogP contribution in [0.4, 0.5) is 0 Å². The molecule has 1 aromatic rings. The molecular formula is C19H22N2O4. The first-order valence-electron chi connectivity index (χ1n) is 8.97. The molecule has 1 aliphatic carbocycles. The zero-order valence-corrected chi connectivity index (χ0v) is 14.3. The predicted octanol–water partition coefficient (Wildman–Crippen LogP) is 2.01. The van der Waals surface area contributed by atoms with Gasteiger partial charge in [-0.05, 0) is 55.4 Å². The average Bonchev–Trinajstić information content (AvgIpc) is 3.12. The summed E-state index contributed by atoms with van der Waals surface area (Å²) < 4.78 is 6.11. The van der Waals surface area contributed by atoms with E-state index in [1.807, 2.05) is 12.1 Å². The SMILES string of the molecule is CC1CCCC1Oc1ccc2c(c1)CN(C1CCC(=O)NC1=O)C2=O. The van der Waals surface area contributed by atoms with Crippen molar-refractivity contribution in [3.63, 3.8) is 0 Å². The van der Waals surface area contributed by atoms with E-state index >= 15 is 0 Å². The Morgan fingerprint density at radius 3 is 2.72 bits per heavy atom. The summed E-state index contributed by atoms with van der Waals surface area (Å²) in [5.74, 6) is 0.538. The molecule has 2 aliphatic heterocycles. The first-order valence-corrected chi connectivity index (χ1v) is 8.97. The van der Waals surface area contributed by atoms with Crippen molar-refractivity contribution < 1.29 is 19.1 Å². The Labute approximate surface area is 146 Å². The summed E-state index contributed by atoms with van der Waals surface area (Å²) in [6.07, 6.45) is 4.34. The number of rotatable bonds is 3. The standard InChI is InChI=1S/C19H22N2O4/c1-11-3-2-4-16(11)25-13-5-6-14-12(9-13)10-21(19(14)24)15-7-8-17(22)20-18(15)23/h5-6,9,11,15-16H,2-4,7-8,10H2,1H3,(H,20,22,23). The van der Waals surface area contributed by atoms with Gasteiger partial charge in [-0.15, -0.1) is 0 Å². The minimum Gasteiger partial charge on any atom is -0.490 e. The molecule has 132 valence electrons. The second-order valence-electron chi connectivity index (χ2n) is 7.28. The van der Waals surface area contributed by atoms with Gasteiger partial charge >= 0.3 is 0 Å². The molecule has 6 nitrogen and oxygen atoms in total. The minimum atomic E-state index is -0.572. The highest BCUT2D eigenvalue weighted by Crippen LogP contribution is 2.33. The van der Waals surface area contributed by atoms with Crippen LogP contribution >= 0.6 is 0 Å². The fourth-order valence-corrected chi connectivity index (χ4v) is 4.09. The van der Waals surface area contributed by atoms with Gasteiger partial charge in [0.15, 0.2) is 0 Å². The lowest BCUT2D eigenvalue weighted by atomic mass is 10.0. The predicted molar refractivity (Wildman–Crippen MR) is 89.9 cm³/mol. The van der Waals surface area contributed by atoms with Crippen LogP contribution in [0.15, 0.2) is 18.2 Å². The van der Waals surface area contributed by atoms with Crippen LogP contribution in [0.1, 0.15) is 54.9 Å². The molecule has 0 spiro atoms. The van der Waals surface area contributed by atoms with Crippen molar-refractivity contribution in [3.05, 3.63) is 29.3 Å². The van der Waals surface area contributed by atoms with Gasteiger partial charge < -0.3 is 9.64 Å². The van der Waals surface area contributed by atoms with Gasteiger partial charge in [0.05, 0.1) is 0 Å². The van der Waals surface area contributed by atoms with Crippen LogP contribution in [-0.2, 0) is 16.1 Å². The molecule has 1 saturated heterocycles. The second kappa shape index (κ2) is 6.17. The highest BCUT2D eigenvalue weighted by molar-refractivity contribution is 6.05. The molecule has 1 N–H and O–H groups in total. The number of piperidine rings is 1. The molecule has 4 rings (SSSR count). The summed E-state index contributed by atoms with van der Waals surface area (Å²) in [6, 6.07) is 4.98. The molecule has 0 aromatic heterocycles. The fourth-order valence-electron chi connectivity index (χ4n) is 4.09. The van der Waals surface area contributed by atoms with Crippen molar-refractivity contribution in [2.24, 2.45) is 5.92 Å². The third kappa shape index (κ3) is 2.90. The smallest absolute Gasteiger partial charge is 0.255 e. The Morgan fingerprint density at radius 2 is 2.00 bits per heavy atom. The van der Waals surface area contributed by atoms with Crippen molar-refractivity contribution in [3.8, 4) is 5.75 Å². The number of benzene rings is 1. The number of ether oxygens (including phenoxy) is 1. The van der Waals surface area contributed by atoms with Gasteiger partial charge in [-0.3, -0.25) is 19.7 Å². The van der Waals surface area contributed by atoms with Gasteiger partial charge in [0.2, 0.25) is 11.8 Å². The number of nitrogens with zero attached hydrogens (tertiary/aromatic N) is 1. The maximum atomic E-state index is 12.7. The van der Waals surface area contributed by atoms with Gasteiger partial charge in [-0.2, -0.15) is 0 Å². The summed E-state index contributed by atoms with van der Waals surface area (Å²) >= 11 is 0. The van der Waals surface area contributed by atoms with E-state index in [0.717, 1.165) is 17.7 Å². The van der Waals surface area contributed by atoms with E-state index in [-0.39, 0.29) is 30.2 Å². The molecular weight excluding hydrogens is 320 g/mol. The van der Waals surface area contributed by atoms with Gasteiger partial charge in [0.25, 0.3) is 5.91 Å². The van der Waals surface area contributed by atoms with E-state index < -0.39 is 6.04 Å². The Bertz CT molecular complexity index is 745. The maximum Gasteiger partial charge on any atom is 0.255 e. The number of fused-ring (bicyclic) bond motifs is 1. The van der Waals surface area contributed by atoms with Crippen LogP contribution in [0, 0.1) is 5.92 Å². The largest absolute Gasteiger partial charge is 0.490 e.